The lowest BCUT2D eigenvalue weighted by Crippen LogP contribution is -2.22. The van der Waals surface area contributed by atoms with Gasteiger partial charge in [-0.3, -0.25) is 4.79 Å². The van der Waals surface area contributed by atoms with E-state index in [0.29, 0.717) is 22.9 Å². The Hall–Kier alpha value is -2.40. The highest BCUT2D eigenvalue weighted by atomic mass is 32.1. The summed E-state index contributed by atoms with van der Waals surface area (Å²) in [4.78, 5) is 25.6. The van der Waals surface area contributed by atoms with Crippen LogP contribution < -0.4 is 5.56 Å². The molecule has 2 heterocycles. The van der Waals surface area contributed by atoms with E-state index in [1.165, 1.54) is 7.11 Å². The zero-order valence-electron chi connectivity index (χ0n) is 11.4. The number of hydrogen-bond acceptors (Lipinski definition) is 4. The van der Waals surface area contributed by atoms with Crippen molar-refractivity contribution in [3.63, 3.8) is 0 Å². The molecular weight excluding hydrogens is 286 g/mol. The third kappa shape index (κ3) is 2.48. The number of benzene rings is 1. The van der Waals surface area contributed by atoms with Gasteiger partial charge in [0.2, 0.25) is 0 Å². The second kappa shape index (κ2) is 5.54. The molecular formula is C16H13NO3S. The largest absolute Gasteiger partial charge is 0.465 e. The van der Waals surface area contributed by atoms with Crippen molar-refractivity contribution in [3.8, 4) is 0 Å². The van der Waals surface area contributed by atoms with E-state index in [9.17, 15) is 9.59 Å². The molecule has 3 rings (SSSR count). The molecule has 0 radical (unpaired) electrons. The van der Waals surface area contributed by atoms with Gasteiger partial charge in [-0.15, -0.1) is 11.3 Å². The lowest BCUT2D eigenvalue weighted by Gasteiger charge is -2.10. The minimum atomic E-state index is -0.439. The minimum Gasteiger partial charge on any atom is -0.465 e. The number of thiophene rings is 1. The SMILES string of the molecule is COC(=O)c1cn(Cc2cccs2)c(=O)c2ccccc12. The number of aromatic nitrogens is 1. The number of esters is 1. The Bertz CT molecular complexity index is 850. The second-order valence-corrected chi connectivity index (χ2v) is 5.62. The number of carbonyl (C=O) groups is 1. The van der Waals surface area contributed by atoms with Gasteiger partial charge in [-0.25, -0.2) is 4.79 Å². The third-order valence-corrected chi connectivity index (χ3v) is 4.17. The molecule has 0 aliphatic heterocycles. The first kappa shape index (κ1) is 13.6. The minimum absolute atomic E-state index is 0.105. The predicted molar refractivity (Wildman–Crippen MR) is 83.0 cm³/mol. The van der Waals surface area contributed by atoms with E-state index in [2.05, 4.69) is 0 Å². The van der Waals surface area contributed by atoms with Gasteiger partial charge in [-0.05, 0) is 17.5 Å². The van der Waals surface area contributed by atoms with Crippen LogP contribution in [0.15, 0.2) is 52.8 Å². The van der Waals surface area contributed by atoms with Crippen LogP contribution in [0.4, 0.5) is 0 Å². The molecule has 0 fully saturated rings. The Morgan fingerprint density at radius 3 is 2.62 bits per heavy atom. The van der Waals surface area contributed by atoms with Crippen LogP contribution >= 0.6 is 11.3 Å². The smallest absolute Gasteiger partial charge is 0.339 e. The molecule has 0 N–H and O–H groups in total. The fourth-order valence-corrected chi connectivity index (χ4v) is 3.01. The number of nitrogens with zero attached hydrogens (tertiary/aromatic N) is 1. The molecule has 0 spiro atoms. The molecule has 21 heavy (non-hydrogen) atoms. The van der Waals surface area contributed by atoms with Gasteiger partial charge in [-0.2, -0.15) is 0 Å². The fourth-order valence-electron chi connectivity index (χ4n) is 2.30. The van der Waals surface area contributed by atoms with Crippen LogP contribution in [-0.4, -0.2) is 17.6 Å². The van der Waals surface area contributed by atoms with Crippen LogP contribution in [0.3, 0.4) is 0 Å². The number of hydrogen-bond donors (Lipinski definition) is 0. The van der Waals surface area contributed by atoms with Gasteiger partial charge in [0, 0.05) is 21.8 Å². The van der Waals surface area contributed by atoms with Crippen LogP contribution in [0, 0.1) is 0 Å². The molecule has 0 aliphatic carbocycles. The summed E-state index contributed by atoms with van der Waals surface area (Å²) in [6.45, 7) is 0.450. The summed E-state index contributed by atoms with van der Waals surface area (Å²) in [5.41, 5.74) is 0.302. The lowest BCUT2D eigenvalue weighted by atomic mass is 10.1. The Kier molecular flexibility index (Phi) is 3.58. The molecule has 0 aliphatic rings. The van der Waals surface area contributed by atoms with Crippen LogP contribution in [0.1, 0.15) is 15.2 Å². The molecule has 106 valence electrons. The Morgan fingerprint density at radius 2 is 1.95 bits per heavy atom. The van der Waals surface area contributed by atoms with Gasteiger partial charge in [0.1, 0.15) is 0 Å². The first-order valence-electron chi connectivity index (χ1n) is 6.43. The average Bonchev–Trinajstić information content (AvgIpc) is 3.02. The zero-order chi connectivity index (χ0) is 14.8. The van der Waals surface area contributed by atoms with Gasteiger partial charge in [0.25, 0.3) is 5.56 Å². The Morgan fingerprint density at radius 1 is 1.19 bits per heavy atom. The van der Waals surface area contributed by atoms with E-state index in [-0.39, 0.29) is 5.56 Å². The monoisotopic (exact) mass is 299 g/mol. The van der Waals surface area contributed by atoms with Crippen molar-refractivity contribution in [2.75, 3.05) is 7.11 Å². The topological polar surface area (TPSA) is 48.3 Å². The molecule has 0 bridgehead atoms. The summed E-state index contributed by atoms with van der Waals surface area (Å²) in [6.07, 6.45) is 1.58. The molecule has 1 aromatic carbocycles. The summed E-state index contributed by atoms with van der Waals surface area (Å²) in [5.74, 6) is -0.439. The fraction of sp³-hybridized carbons (Fsp3) is 0.125. The predicted octanol–water partition coefficient (Wildman–Crippen LogP) is 2.90. The summed E-state index contributed by atoms with van der Waals surface area (Å²) in [6, 6.07) is 11.0. The van der Waals surface area contributed by atoms with Crippen molar-refractivity contribution in [2.24, 2.45) is 0 Å². The highest BCUT2D eigenvalue weighted by Crippen LogP contribution is 2.17. The van der Waals surface area contributed by atoms with E-state index in [1.807, 2.05) is 17.5 Å². The number of rotatable bonds is 3. The summed E-state index contributed by atoms with van der Waals surface area (Å²) >= 11 is 1.58. The summed E-state index contributed by atoms with van der Waals surface area (Å²) in [7, 11) is 1.34. The Labute approximate surface area is 125 Å². The van der Waals surface area contributed by atoms with E-state index in [1.54, 1.807) is 46.4 Å². The van der Waals surface area contributed by atoms with Crippen molar-refractivity contribution in [1.82, 2.24) is 4.57 Å². The van der Waals surface area contributed by atoms with Crippen molar-refractivity contribution in [3.05, 3.63) is 68.8 Å². The van der Waals surface area contributed by atoms with E-state index >= 15 is 0 Å². The van der Waals surface area contributed by atoms with Crippen LogP contribution in [0.25, 0.3) is 10.8 Å². The number of pyridine rings is 1. The highest BCUT2D eigenvalue weighted by Gasteiger charge is 2.15. The number of ether oxygens (including phenoxy) is 1. The normalized spacial score (nSPS) is 10.7. The van der Waals surface area contributed by atoms with Crippen LogP contribution in [-0.2, 0) is 11.3 Å². The molecule has 0 amide bonds. The van der Waals surface area contributed by atoms with Crippen molar-refractivity contribution >= 4 is 28.1 Å². The highest BCUT2D eigenvalue weighted by molar-refractivity contribution is 7.09. The van der Waals surface area contributed by atoms with Gasteiger partial charge >= 0.3 is 5.97 Å². The maximum absolute atomic E-state index is 12.5. The third-order valence-electron chi connectivity index (χ3n) is 3.31. The number of methoxy groups -OCH3 is 1. The van der Waals surface area contributed by atoms with E-state index < -0.39 is 5.97 Å². The lowest BCUT2D eigenvalue weighted by molar-refractivity contribution is 0.0602. The molecule has 4 nitrogen and oxygen atoms in total. The van der Waals surface area contributed by atoms with Gasteiger partial charge < -0.3 is 9.30 Å². The first-order chi connectivity index (χ1) is 10.2. The van der Waals surface area contributed by atoms with Gasteiger partial charge in [0.05, 0.1) is 19.2 Å². The second-order valence-electron chi connectivity index (χ2n) is 4.59. The average molecular weight is 299 g/mol. The van der Waals surface area contributed by atoms with Gasteiger partial charge in [0.15, 0.2) is 0 Å². The standard InChI is InChI=1S/C16H13NO3S/c1-20-16(19)14-10-17(9-11-5-4-8-21-11)15(18)13-7-3-2-6-12(13)14/h2-8,10H,9H2,1H3. The quantitative estimate of drug-likeness (QED) is 0.699. The molecule has 0 atom stereocenters. The maximum Gasteiger partial charge on any atom is 0.339 e. The summed E-state index contributed by atoms with van der Waals surface area (Å²) < 4.78 is 6.38. The van der Waals surface area contributed by atoms with Crippen molar-refractivity contribution in [2.45, 2.75) is 6.54 Å². The first-order valence-corrected chi connectivity index (χ1v) is 7.31. The molecule has 0 saturated carbocycles. The Balaban J connectivity index is 2.23. The van der Waals surface area contributed by atoms with Gasteiger partial charge in [-0.1, -0.05) is 24.3 Å². The zero-order valence-corrected chi connectivity index (χ0v) is 12.2. The molecule has 2 aromatic heterocycles. The van der Waals surface area contributed by atoms with Crippen LogP contribution in [0.2, 0.25) is 0 Å². The molecule has 3 aromatic rings. The van der Waals surface area contributed by atoms with Crippen molar-refractivity contribution in [1.29, 1.82) is 0 Å². The number of fused-ring (bicyclic) bond motifs is 1. The van der Waals surface area contributed by atoms with E-state index in [0.717, 1.165) is 4.88 Å². The van der Waals surface area contributed by atoms with Crippen LogP contribution in [0.5, 0.6) is 0 Å². The van der Waals surface area contributed by atoms with E-state index in [4.69, 9.17) is 4.74 Å². The van der Waals surface area contributed by atoms with Crippen molar-refractivity contribution < 1.29 is 9.53 Å². The maximum atomic E-state index is 12.5. The summed E-state index contributed by atoms with van der Waals surface area (Å²) in [5, 5.41) is 3.11. The molecule has 0 saturated heterocycles. The molecule has 0 unspecified atom stereocenters. The molecule has 5 heteroatoms. The number of carbonyl (C=O) groups excluding carboxylic acids is 1.